The first-order chi connectivity index (χ1) is 12.7. The van der Waals surface area contributed by atoms with Gasteiger partial charge in [-0.15, -0.1) is 21.5 Å². The average Bonchev–Trinajstić information content (AvgIpc) is 3.29. The number of anilines is 1. The molecule has 0 aliphatic heterocycles. The fraction of sp³-hybridized carbons (Fsp3) is 0.0588. The summed E-state index contributed by atoms with van der Waals surface area (Å²) >= 11 is 7.19. The number of amides is 1. The molecular formula is C17H12ClN5O2S. The molecule has 130 valence electrons. The zero-order valence-corrected chi connectivity index (χ0v) is 14.9. The van der Waals surface area contributed by atoms with E-state index >= 15 is 0 Å². The normalized spacial score (nSPS) is 10.8. The molecule has 0 aliphatic carbocycles. The summed E-state index contributed by atoms with van der Waals surface area (Å²) in [5, 5.41) is 13.7. The molecule has 0 aliphatic rings. The molecule has 3 heterocycles. The van der Waals surface area contributed by atoms with Crippen molar-refractivity contribution in [1.82, 2.24) is 19.6 Å². The van der Waals surface area contributed by atoms with Crippen LogP contribution in [0.1, 0.15) is 15.5 Å². The number of ether oxygens (including phenoxy) is 1. The molecule has 1 aromatic carbocycles. The highest BCUT2D eigenvalue weighted by Crippen LogP contribution is 2.18. The van der Waals surface area contributed by atoms with E-state index in [0.717, 1.165) is 0 Å². The van der Waals surface area contributed by atoms with Gasteiger partial charge in [-0.25, -0.2) is 4.98 Å². The first-order valence-corrected chi connectivity index (χ1v) is 8.89. The molecule has 0 saturated carbocycles. The van der Waals surface area contributed by atoms with Crippen LogP contribution in [0.25, 0.3) is 5.65 Å². The Hall–Kier alpha value is -2.97. The second-order valence-corrected chi connectivity index (χ2v) is 6.65. The second kappa shape index (κ2) is 7.11. The first kappa shape index (κ1) is 16.5. The number of halogens is 1. The third-order valence-corrected chi connectivity index (χ3v) is 4.57. The maximum atomic E-state index is 12.4. The van der Waals surface area contributed by atoms with Crippen LogP contribution >= 0.6 is 22.9 Å². The molecule has 1 N–H and O–H groups in total. The molecule has 0 saturated heterocycles. The molecule has 0 spiro atoms. The smallest absolute Gasteiger partial charge is 0.277 e. The molecule has 4 aromatic rings. The number of hydrogen-bond acceptors (Lipinski definition) is 6. The van der Waals surface area contributed by atoms with Crippen LogP contribution in [0.2, 0.25) is 5.02 Å². The summed E-state index contributed by atoms with van der Waals surface area (Å²) in [5.41, 5.74) is 0.954. The van der Waals surface area contributed by atoms with Gasteiger partial charge in [0.05, 0.1) is 0 Å². The maximum Gasteiger partial charge on any atom is 0.277 e. The van der Waals surface area contributed by atoms with E-state index in [9.17, 15) is 4.79 Å². The summed E-state index contributed by atoms with van der Waals surface area (Å²) in [5.74, 6) is 0.681. The summed E-state index contributed by atoms with van der Waals surface area (Å²) in [4.78, 5) is 16.7. The second-order valence-electron chi connectivity index (χ2n) is 5.28. The molecule has 0 radical (unpaired) electrons. The van der Waals surface area contributed by atoms with E-state index in [1.54, 1.807) is 46.3 Å². The summed E-state index contributed by atoms with van der Waals surface area (Å²) in [7, 11) is 0. The largest absolute Gasteiger partial charge is 0.486 e. The lowest BCUT2D eigenvalue weighted by Crippen LogP contribution is -2.14. The predicted octanol–water partition coefficient (Wildman–Crippen LogP) is 3.67. The number of pyridine rings is 1. The Morgan fingerprint density at radius 2 is 2.04 bits per heavy atom. The average molecular weight is 386 g/mol. The number of nitrogens with zero attached hydrogens (tertiary/aromatic N) is 4. The van der Waals surface area contributed by atoms with E-state index < -0.39 is 0 Å². The highest BCUT2D eigenvalue weighted by Gasteiger charge is 2.14. The minimum absolute atomic E-state index is 0.271. The van der Waals surface area contributed by atoms with Crippen molar-refractivity contribution < 1.29 is 9.53 Å². The van der Waals surface area contributed by atoms with Gasteiger partial charge < -0.3 is 4.74 Å². The Morgan fingerprint density at radius 1 is 1.19 bits per heavy atom. The standard InChI is InChI=1S/C17H12ClN5O2S/c18-11-4-6-12(7-5-11)25-9-15-19-13(10-26-15)16(24)20-17-22-21-14-3-1-2-8-23(14)17/h1-8,10H,9H2,(H,20,22,24). The number of aromatic nitrogens is 4. The quantitative estimate of drug-likeness (QED) is 0.566. The third kappa shape index (κ3) is 3.51. The minimum Gasteiger partial charge on any atom is -0.486 e. The number of hydrogen-bond donors (Lipinski definition) is 1. The summed E-state index contributed by atoms with van der Waals surface area (Å²) in [6.45, 7) is 0.271. The van der Waals surface area contributed by atoms with E-state index in [4.69, 9.17) is 16.3 Å². The van der Waals surface area contributed by atoms with Gasteiger partial charge in [-0.2, -0.15) is 0 Å². The number of fused-ring (bicyclic) bond motifs is 1. The molecule has 7 nitrogen and oxygen atoms in total. The molecule has 0 atom stereocenters. The molecule has 9 heteroatoms. The van der Waals surface area contributed by atoms with Gasteiger partial charge in [0, 0.05) is 16.6 Å². The van der Waals surface area contributed by atoms with Crippen molar-refractivity contribution in [3.05, 3.63) is 69.8 Å². The number of rotatable bonds is 5. The van der Waals surface area contributed by atoms with Gasteiger partial charge in [0.25, 0.3) is 5.91 Å². The van der Waals surface area contributed by atoms with Gasteiger partial charge in [0.15, 0.2) is 5.65 Å². The SMILES string of the molecule is O=C(Nc1nnc2ccccn12)c1csc(COc2ccc(Cl)cc2)n1. The molecule has 0 fully saturated rings. The molecule has 3 aromatic heterocycles. The topological polar surface area (TPSA) is 81.4 Å². The highest BCUT2D eigenvalue weighted by molar-refractivity contribution is 7.09. The van der Waals surface area contributed by atoms with Gasteiger partial charge in [0.2, 0.25) is 5.95 Å². The Balaban J connectivity index is 1.42. The van der Waals surface area contributed by atoms with Crippen LogP contribution < -0.4 is 10.1 Å². The zero-order chi connectivity index (χ0) is 17.9. The van der Waals surface area contributed by atoms with Crippen molar-refractivity contribution in [2.45, 2.75) is 6.61 Å². The van der Waals surface area contributed by atoms with Crippen molar-refractivity contribution in [3.8, 4) is 5.75 Å². The number of carbonyl (C=O) groups is 1. The van der Waals surface area contributed by atoms with Crippen molar-refractivity contribution in [1.29, 1.82) is 0 Å². The van der Waals surface area contributed by atoms with Gasteiger partial charge in [-0.1, -0.05) is 17.7 Å². The molecule has 1 amide bonds. The Labute approximate surface area is 157 Å². The lowest BCUT2D eigenvalue weighted by molar-refractivity contribution is 0.102. The molecule has 0 bridgehead atoms. The fourth-order valence-corrected chi connectivity index (χ4v) is 3.06. The highest BCUT2D eigenvalue weighted by atomic mass is 35.5. The lowest BCUT2D eigenvalue weighted by Gasteiger charge is -2.03. The number of thiazole rings is 1. The van der Waals surface area contributed by atoms with Crippen molar-refractivity contribution >= 4 is 40.4 Å². The van der Waals surface area contributed by atoms with Crippen LogP contribution in [0.15, 0.2) is 54.0 Å². The third-order valence-electron chi connectivity index (χ3n) is 3.50. The Morgan fingerprint density at radius 3 is 2.88 bits per heavy atom. The van der Waals surface area contributed by atoms with Gasteiger partial charge in [-0.3, -0.25) is 14.5 Å². The first-order valence-electron chi connectivity index (χ1n) is 7.63. The monoisotopic (exact) mass is 385 g/mol. The lowest BCUT2D eigenvalue weighted by atomic mass is 10.3. The van der Waals surface area contributed by atoms with E-state index in [2.05, 4.69) is 20.5 Å². The molecule has 4 rings (SSSR count). The van der Waals surface area contributed by atoms with Crippen LogP contribution in [0.3, 0.4) is 0 Å². The number of nitrogens with one attached hydrogen (secondary N) is 1. The maximum absolute atomic E-state index is 12.4. The Kier molecular flexibility index (Phi) is 4.51. The van der Waals surface area contributed by atoms with E-state index in [0.29, 0.717) is 33.1 Å². The van der Waals surface area contributed by atoms with E-state index in [1.807, 2.05) is 12.1 Å². The van der Waals surface area contributed by atoms with Crippen LogP contribution in [-0.4, -0.2) is 25.5 Å². The zero-order valence-electron chi connectivity index (χ0n) is 13.3. The molecular weight excluding hydrogens is 374 g/mol. The van der Waals surface area contributed by atoms with Crippen molar-refractivity contribution in [3.63, 3.8) is 0 Å². The molecule has 26 heavy (non-hydrogen) atoms. The molecule has 0 unspecified atom stereocenters. The van der Waals surface area contributed by atoms with Gasteiger partial charge >= 0.3 is 0 Å². The van der Waals surface area contributed by atoms with Crippen molar-refractivity contribution in [2.24, 2.45) is 0 Å². The Bertz CT molecular complexity index is 1060. The van der Waals surface area contributed by atoms with Crippen molar-refractivity contribution in [2.75, 3.05) is 5.32 Å². The fourth-order valence-electron chi connectivity index (χ4n) is 2.25. The summed E-state index contributed by atoms with van der Waals surface area (Å²) in [6, 6.07) is 12.5. The van der Waals surface area contributed by atoms with Crippen LogP contribution in [0.4, 0.5) is 5.95 Å². The predicted molar refractivity (Wildman–Crippen MR) is 98.8 cm³/mol. The van der Waals surface area contributed by atoms with Gasteiger partial charge in [0.1, 0.15) is 23.1 Å². The van der Waals surface area contributed by atoms with Crippen LogP contribution in [0, 0.1) is 0 Å². The summed E-state index contributed by atoms with van der Waals surface area (Å²) in [6.07, 6.45) is 1.78. The minimum atomic E-state index is -0.350. The van der Waals surface area contributed by atoms with Crippen LogP contribution in [0.5, 0.6) is 5.75 Å². The number of benzene rings is 1. The van der Waals surface area contributed by atoms with E-state index in [-0.39, 0.29) is 12.5 Å². The number of carbonyl (C=O) groups excluding carboxylic acids is 1. The van der Waals surface area contributed by atoms with Crippen LogP contribution in [-0.2, 0) is 6.61 Å². The summed E-state index contributed by atoms with van der Waals surface area (Å²) < 4.78 is 7.32. The van der Waals surface area contributed by atoms with E-state index in [1.165, 1.54) is 11.3 Å². The van der Waals surface area contributed by atoms with Gasteiger partial charge in [-0.05, 0) is 36.4 Å².